The minimum absolute atomic E-state index is 0.0213. The van der Waals surface area contributed by atoms with E-state index >= 15 is 0 Å². The molecule has 3 aromatic rings. The van der Waals surface area contributed by atoms with Crippen LogP contribution in [0.5, 0.6) is 5.88 Å². The fourth-order valence-electron chi connectivity index (χ4n) is 3.50. The van der Waals surface area contributed by atoms with Crippen molar-refractivity contribution in [3.05, 3.63) is 48.5 Å². The molecule has 6 nitrogen and oxygen atoms in total. The Morgan fingerprint density at radius 1 is 1.07 bits per heavy atom. The van der Waals surface area contributed by atoms with Gasteiger partial charge in [-0.2, -0.15) is 4.98 Å². The van der Waals surface area contributed by atoms with Gasteiger partial charge in [-0.15, -0.1) is 0 Å². The van der Waals surface area contributed by atoms with Gasteiger partial charge in [0.05, 0.1) is 25.6 Å². The molecule has 2 aromatic heterocycles. The van der Waals surface area contributed by atoms with Gasteiger partial charge in [0.2, 0.25) is 5.88 Å². The summed E-state index contributed by atoms with van der Waals surface area (Å²) in [6.45, 7) is 13.6. The van der Waals surface area contributed by atoms with E-state index < -0.39 is 8.32 Å². The van der Waals surface area contributed by atoms with Gasteiger partial charge < -0.3 is 13.7 Å². The Balaban J connectivity index is 1.95. The number of rotatable bonds is 8. The molecule has 0 saturated heterocycles. The van der Waals surface area contributed by atoms with Crippen molar-refractivity contribution in [2.24, 2.45) is 0 Å². The first-order valence-electron chi connectivity index (χ1n) is 10.6. The molecule has 0 spiro atoms. The van der Waals surface area contributed by atoms with E-state index in [0.717, 1.165) is 18.5 Å². The first kappa shape index (κ1) is 22.4. The monoisotopic (exact) mass is 426 g/mol. The Hall–Kier alpha value is -2.25. The number of methoxy groups -OCH3 is 1. The Morgan fingerprint density at radius 3 is 2.40 bits per heavy atom. The fraction of sp³-hybridized carbons (Fsp3) is 0.522. The van der Waals surface area contributed by atoms with Gasteiger partial charge in [0.15, 0.2) is 19.5 Å². The van der Waals surface area contributed by atoms with Gasteiger partial charge in [0, 0.05) is 0 Å². The highest BCUT2D eigenvalue weighted by Crippen LogP contribution is 2.39. The summed E-state index contributed by atoms with van der Waals surface area (Å²) in [5.74, 6) is 0.499. The van der Waals surface area contributed by atoms with Crippen molar-refractivity contribution in [3.8, 4) is 5.88 Å². The second-order valence-electron chi connectivity index (χ2n) is 9.38. The maximum atomic E-state index is 6.80. The average molecular weight is 427 g/mol. The van der Waals surface area contributed by atoms with Crippen LogP contribution < -0.4 is 4.74 Å². The van der Waals surface area contributed by atoms with E-state index in [4.69, 9.17) is 9.16 Å². The summed E-state index contributed by atoms with van der Waals surface area (Å²) in [7, 11) is -0.320. The molecule has 0 radical (unpaired) electrons. The van der Waals surface area contributed by atoms with Crippen molar-refractivity contribution in [3.63, 3.8) is 0 Å². The normalized spacial score (nSPS) is 14.6. The first-order valence-corrected chi connectivity index (χ1v) is 13.5. The summed E-state index contributed by atoms with van der Waals surface area (Å²) < 4.78 is 14.3. The lowest BCUT2D eigenvalue weighted by Gasteiger charge is -2.40. The number of hydrogen-bond acceptors (Lipinski definition) is 5. The Morgan fingerprint density at radius 2 is 1.77 bits per heavy atom. The summed E-state index contributed by atoms with van der Waals surface area (Å²) in [5.41, 5.74) is 2.79. The van der Waals surface area contributed by atoms with Crippen LogP contribution in [0.15, 0.2) is 43.0 Å². The molecular formula is C23H34N4O2Si. The van der Waals surface area contributed by atoms with Crippen molar-refractivity contribution >= 4 is 19.5 Å². The summed E-state index contributed by atoms with van der Waals surface area (Å²) in [5, 5.41) is 0.146. The molecule has 30 heavy (non-hydrogen) atoms. The van der Waals surface area contributed by atoms with Crippen LogP contribution >= 0.6 is 0 Å². The third-order valence-corrected chi connectivity index (χ3v) is 10.8. The van der Waals surface area contributed by atoms with Crippen LogP contribution in [-0.4, -0.2) is 41.1 Å². The van der Waals surface area contributed by atoms with E-state index in [1.165, 1.54) is 11.9 Å². The second-order valence-corrected chi connectivity index (χ2v) is 14.1. The van der Waals surface area contributed by atoms with Crippen molar-refractivity contribution < 1.29 is 9.16 Å². The summed E-state index contributed by atoms with van der Waals surface area (Å²) in [6.07, 6.45) is 5.29. The van der Waals surface area contributed by atoms with Gasteiger partial charge in [-0.3, -0.25) is 0 Å². The van der Waals surface area contributed by atoms with Crippen LogP contribution in [-0.2, 0) is 10.8 Å². The zero-order valence-corrected chi connectivity index (χ0v) is 20.2. The van der Waals surface area contributed by atoms with Gasteiger partial charge >= 0.3 is 0 Å². The van der Waals surface area contributed by atoms with Crippen molar-refractivity contribution in [2.45, 2.75) is 70.8 Å². The maximum Gasteiger partial charge on any atom is 0.245 e. The number of hydrogen-bond donors (Lipinski definition) is 0. The smallest absolute Gasteiger partial charge is 0.245 e. The number of ether oxygens (including phenoxy) is 1. The van der Waals surface area contributed by atoms with E-state index in [9.17, 15) is 0 Å². The molecular weight excluding hydrogens is 392 g/mol. The highest BCUT2D eigenvalue weighted by molar-refractivity contribution is 6.74. The van der Waals surface area contributed by atoms with Gasteiger partial charge in [-0.05, 0) is 43.5 Å². The summed E-state index contributed by atoms with van der Waals surface area (Å²) >= 11 is 0. The predicted molar refractivity (Wildman–Crippen MR) is 123 cm³/mol. The number of fused-ring (bicyclic) bond motifs is 1. The molecule has 0 fully saturated rings. The highest BCUT2D eigenvalue weighted by atomic mass is 28.4. The lowest BCUT2D eigenvalue weighted by molar-refractivity contribution is 0.134. The third-order valence-electron chi connectivity index (χ3n) is 6.28. The summed E-state index contributed by atoms with van der Waals surface area (Å²) in [6, 6.07) is 10.7. The van der Waals surface area contributed by atoms with Gasteiger partial charge in [-0.25, -0.2) is 9.97 Å². The second kappa shape index (κ2) is 8.86. The van der Waals surface area contributed by atoms with Crippen molar-refractivity contribution in [1.29, 1.82) is 0 Å². The molecule has 0 N–H and O–H groups in total. The van der Waals surface area contributed by atoms with E-state index in [1.54, 1.807) is 7.11 Å². The minimum atomic E-state index is -1.93. The highest BCUT2D eigenvalue weighted by Gasteiger charge is 2.40. The molecule has 0 unspecified atom stereocenters. The SMILES string of the molecule is COc1ncnc2c1ncn2[C@H](CCc1ccccc1)[C@H](C)O[Si](C)(C)C(C)(C)C. The lowest BCUT2D eigenvalue weighted by atomic mass is 10.0. The topological polar surface area (TPSA) is 62.1 Å². The van der Waals surface area contributed by atoms with Crippen LogP contribution in [0.3, 0.4) is 0 Å². The van der Waals surface area contributed by atoms with Gasteiger partial charge in [0.25, 0.3) is 0 Å². The molecule has 0 aliphatic rings. The Kier molecular flexibility index (Phi) is 6.62. The van der Waals surface area contributed by atoms with Crippen molar-refractivity contribution in [1.82, 2.24) is 19.5 Å². The van der Waals surface area contributed by atoms with Crippen LogP contribution in [0.1, 0.15) is 45.7 Å². The predicted octanol–water partition coefficient (Wildman–Crippen LogP) is 5.42. The standard InChI is InChI=1S/C23H34N4O2Si/c1-17(29-30(6,7)23(2,3)4)19(14-13-18-11-9-8-10-12-18)27-16-26-20-21(27)24-15-25-22(20)28-5/h8-12,15-17,19H,13-14H2,1-7H3/t17-,19+/m0/s1. The molecule has 0 saturated carbocycles. The molecule has 3 rings (SSSR count). The fourth-order valence-corrected chi connectivity index (χ4v) is 4.94. The molecule has 162 valence electrons. The number of benzene rings is 1. The maximum absolute atomic E-state index is 6.80. The molecule has 7 heteroatoms. The van der Waals surface area contributed by atoms with E-state index in [-0.39, 0.29) is 17.2 Å². The first-order chi connectivity index (χ1) is 14.1. The molecule has 1 aromatic carbocycles. The number of aromatic nitrogens is 4. The molecule has 0 aliphatic heterocycles. The van der Waals surface area contributed by atoms with Crippen molar-refractivity contribution in [2.75, 3.05) is 7.11 Å². The molecule has 2 atom stereocenters. The third kappa shape index (κ3) is 4.73. The quantitative estimate of drug-likeness (QED) is 0.450. The molecule has 0 aliphatic carbocycles. The van der Waals surface area contributed by atoms with E-state index in [0.29, 0.717) is 11.4 Å². The zero-order valence-electron chi connectivity index (χ0n) is 19.2. The minimum Gasteiger partial charge on any atom is -0.479 e. The van der Waals surface area contributed by atoms with Gasteiger partial charge in [-0.1, -0.05) is 51.1 Å². The molecule has 0 amide bonds. The molecule has 2 heterocycles. The van der Waals surface area contributed by atoms with E-state index in [1.807, 2.05) is 6.33 Å². The van der Waals surface area contributed by atoms with Crippen LogP contribution in [0.4, 0.5) is 0 Å². The Bertz CT molecular complexity index is 966. The summed E-state index contributed by atoms with van der Waals surface area (Å²) in [4.78, 5) is 13.3. The van der Waals surface area contributed by atoms with E-state index in [2.05, 4.69) is 90.6 Å². The number of nitrogens with zero attached hydrogens (tertiary/aromatic N) is 4. The van der Waals surface area contributed by atoms with Gasteiger partial charge in [0.1, 0.15) is 6.33 Å². The Labute approximate surface area is 180 Å². The van der Waals surface area contributed by atoms with Crippen LogP contribution in [0, 0.1) is 0 Å². The average Bonchev–Trinajstić information content (AvgIpc) is 3.12. The zero-order chi connectivity index (χ0) is 21.9. The number of aryl methyl sites for hydroxylation is 1. The van der Waals surface area contributed by atoms with Crippen LogP contribution in [0.2, 0.25) is 18.1 Å². The lowest BCUT2D eigenvalue weighted by Crippen LogP contribution is -2.45. The molecule has 0 bridgehead atoms. The largest absolute Gasteiger partial charge is 0.479 e. The number of imidazole rings is 1. The van der Waals surface area contributed by atoms with Crippen LogP contribution in [0.25, 0.3) is 11.2 Å².